The van der Waals surface area contributed by atoms with Crippen LogP contribution in [0.4, 0.5) is 0 Å². The van der Waals surface area contributed by atoms with Crippen molar-refractivity contribution in [1.82, 2.24) is 9.80 Å². The van der Waals surface area contributed by atoms with Gasteiger partial charge in [0.1, 0.15) is 0 Å². The summed E-state index contributed by atoms with van der Waals surface area (Å²) in [5.74, 6) is 0.514. The van der Waals surface area contributed by atoms with Gasteiger partial charge in [-0.1, -0.05) is 0 Å². The Labute approximate surface area is 86.7 Å². The summed E-state index contributed by atoms with van der Waals surface area (Å²) in [6.45, 7) is 5.52. The molecule has 2 aliphatic heterocycles. The van der Waals surface area contributed by atoms with E-state index in [4.69, 9.17) is 0 Å². The second-order valence-corrected chi connectivity index (χ2v) is 4.89. The summed E-state index contributed by atoms with van der Waals surface area (Å²) in [5, 5.41) is 10.1. The van der Waals surface area contributed by atoms with Gasteiger partial charge in [-0.15, -0.1) is 0 Å². The lowest BCUT2D eigenvalue weighted by Gasteiger charge is -2.23. The number of β-amino-alcohol motifs (C(OH)–C–C–N with tert-alkyl or cyclic N) is 1. The Morgan fingerprint density at radius 3 is 2.57 bits per heavy atom. The lowest BCUT2D eigenvalue weighted by atomic mass is 10.0. The van der Waals surface area contributed by atoms with E-state index in [2.05, 4.69) is 16.8 Å². The fourth-order valence-corrected chi connectivity index (χ4v) is 2.66. The SMILES string of the molecule is CN1CCC(C(O)CN2CCCC2)C1. The highest BCUT2D eigenvalue weighted by Gasteiger charge is 2.28. The lowest BCUT2D eigenvalue weighted by Crippen LogP contribution is -2.35. The number of aliphatic hydroxyl groups is 1. The molecule has 0 amide bonds. The largest absolute Gasteiger partial charge is 0.391 e. The molecule has 2 atom stereocenters. The minimum atomic E-state index is -0.0990. The predicted molar refractivity (Wildman–Crippen MR) is 57.3 cm³/mol. The van der Waals surface area contributed by atoms with Gasteiger partial charge in [-0.2, -0.15) is 0 Å². The number of rotatable bonds is 3. The molecule has 0 radical (unpaired) electrons. The molecule has 14 heavy (non-hydrogen) atoms. The first-order chi connectivity index (χ1) is 6.75. The molecule has 3 nitrogen and oxygen atoms in total. The average Bonchev–Trinajstić information content (AvgIpc) is 2.75. The summed E-state index contributed by atoms with van der Waals surface area (Å²) >= 11 is 0. The maximum Gasteiger partial charge on any atom is 0.0707 e. The van der Waals surface area contributed by atoms with Gasteiger partial charge in [0.2, 0.25) is 0 Å². The van der Waals surface area contributed by atoms with Crippen molar-refractivity contribution in [3.8, 4) is 0 Å². The van der Waals surface area contributed by atoms with Crippen molar-refractivity contribution in [2.45, 2.75) is 25.4 Å². The molecule has 82 valence electrons. The molecule has 0 aromatic rings. The van der Waals surface area contributed by atoms with Crippen LogP contribution in [-0.2, 0) is 0 Å². The van der Waals surface area contributed by atoms with Crippen LogP contribution >= 0.6 is 0 Å². The van der Waals surface area contributed by atoms with Crippen LogP contribution in [0.3, 0.4) is 0 Å². The van der Waals surface area contributed by atoms with E-state index in [1.807, 2.05) is 0 Å². The number of likely N-dealkylation sites (tertiary alicyclic amines) is 2. The maximum absolute atomic E-state index is 10.1. The van der Waals surface area contributed by atoms with Crippen LogP contribution < -0.4 is 0 Å². The third kappa shape index (κ3) is 2.47. The van der Waals surface area contributed by atoms with Gasteiger partial charge < -0.3 is 14.9 Å². The molecule has 0 saturated carbocycles. The number of hydrogen-bond acceptors (Lipinski definition) is 3. The van der Waals surface area contributed by atoms with Crippen LogP contribution in [0.15, 0.2) is 0 Å². The summed E-state index contributed by atoms with van der Waals surface area (Å²) < 4.78 is 0. The topological polar surface area (TPSA) is 26.7 Å². The van der Waals surface area contributed by atoms with Crippen LogP contribution in [0.25, 0.3) is 0 Å². The quantitative estimate of drug-likeness (QED) is 0.711. The van der Waals surface area contributed by atoms with Crippen molar-refractivity contribution in [2.24, 2.45) is 5.92 Å². The van der Waals surface area contributed by atoms with Gasteiger partial charge in [-0.25, -0.2) is 0 Å². The molecule has 0 aromatic heterocycles. The number of hydrogen-bond donors (Lipinski definition) is 1. The minimum Gasteiger partial charge on any atom is -0.391 e. The summed E-state index contributed by atoms with van der Waals surface area (Å²) in [4.78, 5) is 4.72. The van der Waals surface area contributed by atoms with Gasteiger partial charge in [-0.05, 0) is 51.9 Å². The molecular weight excluding hydrogens is 176 g/mol. The van der Waals surface area contributed by atoms with Crippen LogP contribution in [0.2, 0.25) is 0 Å². The zero-order chi connectivity index (χ0) is 9.97. The summed E-state index contributed by atoms with van der Waals surface area (Å²) in [6.07, 6.45) is 3.71. The normalized spacial score (nSPS) is 32.6. The second-order valence-electron chi connectivity index (χ2n) is 4.89. The zero-order valence-electron chi connectivity index (χ0n) is 9.15. The molecule has 2 fully saturated rings. The van der Waals surface area contributed by atoms with Gasteiger partial charge >= 0.3 is 0 Å². The molecule has 0 aliphatic carbocycles. The van der Waals surface area contributed by atoms with E-state index < -0.39 is 0 Å². The van der Waals surface area contributed by atoms with Crippen molar-refractivity contribution in [3.05, 3.63) is 0 Å². The first-order valence-electron chi connectivity index (χ1n) is 5.84. The molecule has 1 N–H and O–H groups in total. The summed E-state index contributed by atoms with van der Waals surface area (Å²) in [7, 11) is 2.14. The van der Waals surface area contributed by atoms with Crippen LogP contribution in [-0.4, -0.2) is 60.8 Å². The Morgan fingerprint density at radius 2 is 2.00 bits per heavy atom. The number of aliphatic hydroxyl groups excluding tert-OH is 1. The minimum absolute atomic E-state index is 0.0990. The molecule has 2 heterocycles. The Bertz CT molecular complexity index is 180. The van der Waals surface area contributed by atoms with Gasteiger partial charge in [0.05, 0.1) is 6.10 Å². The highest BCUT2D eigenvalue weighted by Crippen LogP contribution is 2.20. The van der Waals surface area contributed by atoms with Crippen molar-refractivity contribution >= 4 is 0 Å². The maximum atomic E-state index is 10.1. The van der Waals surface area contributed by atoms with Crippen LogP contribution in [0.5, 0.6) is 0 Å². The smallest absolute Gasteiger partial charge is 0.0707 e. The standard InChI is InChI=1S/C11H22N2O/c1-12-7-4-10(8-12)11(14)9-13-5-2-3-6-13/h10-11,14H,2-9H2,1H3. The first-order valence-corrected chi connectivity index (χ1v) is 5.84. The molecule has 2 unspecified atom stereocenters. The molecule has 3 heteroatoms. The highest BCUT2D eigenvalue weighted by atomic mass is 16.3. The Hall–Kier alpha value is -0.120. The Morgan fingerprint density at radius 1 is 1.29 bits per heavy atom. The zero-order valence-corrected chi connectivity index (χ0v) is 9.15. The Kier molecular flexibility index (Phi) is 3.42. The predicted octanol–water partition coefficient (Wildman–Crippen LogP) is 0.395. The van der Waals surface area contributed by atoms with Crippen LogP contribution in [0, 0.1) is 5.92 Å². The van der Waals surface area contributed by atoms with E-state index in [-0.39, 0.29) is 6.10 Å². The first kappa shape index (κ1) is 10.4. The average molecular weight is 198 g/mol. The van der Waals surface area contributed by atoms with E-state index >= 15 is 0 Å². The van der Waals surface area contributed by atoms with Gasteiger partial charge in [0, 0.05) is 13.1 Å². The molecule has 2 saturated heterocycles. The van der Waals surface area contributed by atoms with Crippen molar-refractivity contribution < 1.29 is 5.11 Å². The Balaban J connectivity index is 1.74. The van der Waals surface area contributed by atoms with Gasteiger partial charge in [-0.3, -0.25) is 0 Å². The van der Waals surface area contributed by atoms with Crippen LogP contribution in [0.1, 0.15) is 19.3 Å². The fraction of sp³-hybridized carbons (Fsp3) is 1.00. The number of nitrogens with zero attached hydrogens (tertiary/aromatic N) is 2. The molecular formula is C11H22N2O. The van der Waals surface area contributed by atoms with Crippen molar-refractivity contribution in [3.63, 3.8) is 0 Å². The van der Waals surface area contributed by atoms with E-state index in [0.29, 0.717) is 5.92 Å². The lowest BCUT2D eigenvalue weighted by molar-refractivity contribution is 0.0754. The molecule has 0 spiro atoms. The molecule has 2 aliphatic rings. The molecule has 0 aromatic carbocycles. The van der Waals surface area contributed by atoms with E-state index in [9.17, 15) is 5.11 Å². The van der Waals surface area contributed by atoms with Gasteiger partial charge in [0.15, 0.2) is 0 Å². The van der Waals surface area contributed by atoms with Crippen molar-refractivity contribution in [1.29, 1.82) is 0 Å². The highest BCUT2D eigenvalue weighted by molar-refractivity contribution is 4.82. The third-order valence-electron chi connectivity index (χ3n) is 3.62. The van der Waals surface area contributed by atoms with E-state index in [1.54, 1.807) is 0 Å². The van der Waals surface area contributed by atoms with E-state index in [0.717, 1.165) is 19.6 Å². The molecule has 0 bridgehead atoms. The molecule has 2 rings (SSSR count). The summed E-state index contributed by atoms with van der Waals surface area (Å²) in [6, 6.07) is 0. The third-order valence-corrected chi connectivity index (χ3v) is 3.62. The monoisotopic (exact) mass is 198 g/mol. The summed E-state index contributed by atoms with van der Waals surface area (Å²) in [5.41, 5.74) is 0. The second kappa shape index (κ2) is 4.60. The fourth-order valence-electron chi connectivity index (χ4n) is 2.66. The van der Waals surface area contributed by atoms with E-state index in [1.165, 1.54) is 32.4 Å². The van der Waals surface area contributed by atoms with Crippen molar-refractivity contribution in [2.75, 3.05) is 39.8 Å². The van der Waals surface area contributed by atoms with Gasteiger partial charge in [0.25, 0.3) is 0 Å².